The lowest BCUT2D eigenvalue weighted by Crippen LogP contribution is -2.32. The molecule has 0 aliphatic rings. The maximum absolute atomic E-state index is 13.7. The molecule has 0 fully saturated rings. The largest absolute Gasteiger partial charge is 0.315 e. The highest BCUT2D eigenvalue weighted by molar-refractivity contribution is 5.20. The minimum atomic E-state index is -0.114. The summed E-state index contributed by atoms with van der Waals surface area (Å²) in [4.78, 5) is 2.19. The van der Waals surface area contributed by atoms with Crippen molar-refractivity contribution < 1.29 is 4.39 Å². The zero-order valence-electron chi connectivity index (χ0n) is 13.3. The molecule has 0 aromatic heterocycles. The van der Waals surface area contributed by atoms with Gasteiger partial charge in [-0.25, -0.2) is 4.39 Å². The topological polar surface area (TPSA) is 15.3 Å². The Balaban J connectivity index is 2.25. The van der Waals surface area contributed by atoms with Crippen LogP contribution in [0.1, 0.15) is 45.2 Å². The van der Waals surface area contributed by atoms with Gasteiger partial charge in [0.15, 0.2) is 0 Å². The van der Waals surface area contributed by atoms with Gasteiger partial charge >= 0.3 is 0 Å². The Labute approximate surface area is 123 Å². The number of hydrogen-bond acceptors (Lipinski definition) is 2. The van der Waals surface area contributed by atoms with Crippen molar-refractivity contribution in [3.8, 4) is 0 Å². The van der Waals surface area contributed by atoms with Crippen LogP contribution < -0.4 is 5.32 Å². The van der Waals surface area contributed by atoms with Crippen molar-refractivity contribution in [1.29, 1.82) is 0 Å². The summed E-state index contributed by atoms with van der Waals surface area (Å²) < 4.78 is 13.7. The normalized spacial score (nSPS) is 13.2. The zero-order chi connectivity index (χ0) is 15.0. The van der Waals surface area contributed by atoms with Crippen molar-refractivity contribution in [2.75, 3.05) is 26.7 Å². The number of benzene rings is 1. The van der Waals surface area contributed by atoms with Crippen LogP contribution in [0.5, 0.6) is 0 Å². The summed E-state index contributed by atoms with van der Waals surface area (Å²) in [7, 11) is 2.05. The number of likely N-dealkylation sites (N-methyl/N-ethyl adjacent to an activating group) is 1. The van der Waals surface area contributed by atoms with Crippen molar-refractivity contribution >= 4 is 0 Å². The van der Waals surface area contributed by atoms with Gasteiger partial charge in [0, 0.05) is 24.7 Å². The molecule has 1 aromatic carbocycles. The lowest BCUT2D eigenvalue weighted by Gasteiger charge is -2.25. The monoisotopic (exact) mass is 280 g/mol. The maximum atomic E-state index is 13.7. The number of nitrogens with one attached hydrogen (secondary N) is 1. The zero-order valence-corrected chi connectivity index (χ0v) is 13.3. The molecule has 0 radical (unpaired) electrons. The molecule has 3 heteroatoms. The summed E-state index contributed by atoms with van der Waals surface area (Å²) in [6.07, 6.45) is 2.50. The van der Waals surface area contributed by atoms with Gasteiger partial charge in [-0.1, -0.05) is 32.0 Å². The van der Waals surface area contributed by atoms with E-state index in [0.29, 0.717) is 0 Å². The van der Waals surface area contributed by atoms with E-state index in [0.717, 1.165) is 31.1 Å². The molecule has 1 unspecified atom stereocenters. The second-order valence-electron chi connectivity index (χ2n) is 5.96. The molecule has 0 aliphatic heterocycles. The fraction of sp³-hybridized carbons (Fsp3) is 0.647. The smallest absolute Gasteiger partial charge is 0.127 e. The first-order chi connectivity index (χ1) is 9.52. The highest BCUT2D eigenvalue weighted by Crippen LogP contribution is 2.20. The first kappa shape index (κ1) is 17.1. The Morgan fingerprint density at radius 3 is 2.50 bits per heavy atom. The highest BCUT2D eigenvalue weighted by Gasteiger charge is 2.14. The molecule has 0 amide bonds. The predicted octanol–water partition coefficient (Wildman–Crippen LogP) is 3.84. The van der Waals surface area contributed by atoms with Crippen LogP contribution in [0, 0.1) is 11.7 Å². The van der Waals surface area contributed by atoms with Gasteiger partial charge in [-0.15, -0.1) is 0 Å². The number of hydrogen-bond donors (Lipinski definition) is 1. The Hall–Kier alpha value is -0.930. The fourth-order valence-electron chi connectivity index (χ4n) is 2.26. The number of nitrogens with zero attached hydrogens (tertiary/aromatic N) is 1. The van der Waals surface area contributed by atoms with Crippen LogP contribution in [0.4, 0.5) is 4.39 Å². The van der Waals surface area contributed by atoms with E-state index in [9.17, 15) is 4.39 Å². The van der Waals surface area contributed by atoms with Gasteiger partial charge in [-0.05, 0) is 45.3 Å². The molecule has 0 spiro atoms. The average Bonchev–Trinajstić information content (AvgIpc) is 2.42. The molecule has 0 aliphatic carbocycles. The van der Waals surface area contributed by atoms with E-state index in [1.165, 1.54) is 18.9 Å². The maximum Gasteiger partial charge on any atom is 0.127 e. The van der Waals surface area contributed by atoms with Gasteiger partial charge in [-0.3, -0.25) is 4.90 Å². The van der Waals surface area contributed by atoms with Gasteiger partial charge in [0.2, 0.25) is 0 Å². The van der Waals surface area contributed by atoms with Crippen molar-refractivity contribution in [3.05, 3.63) is 35.6 Å². The van der Waals surface area contributed by atoms with Crippen molar-refractivity contribution in [3.63, 3.8) is 0 Å². The van der Waals surface area contributed by atoms with E-state index in [1.807, 2.05) is 19.2 Å². The summed E-state index contributed by atoms with van der Waals surface area (Å²) >= 11 is 0. The van der Waals surface area contributed by atoms with Gasteiger partial charge < -0.3 is 5.32 Å². The van der Waals surface area contributed by atoms with Gasteiger partial charge in [0.05, 0.1) is 0 Å². The van der Waals surface area contributed by atoms with Crippen LogP contribution in [0.25, 0.3) is 0 Å². The van der Waals surface area contributed by atoms with E-state index in [4.69, 9.17) is 0 Å². The molecule has 1 aromatic rings. The number of halogens is 1. The number of rotatable bonds is 9. The molecule has 1 rings (SSSR count). The standard InChI is InChI=1S/C17H29FN2/c1-14(2)8-7-11-19-12-13-20(4)15(3)16-9-5-6-10-17(16)18/h5-6,9-10,14-15,19H,7-8,11-13H2,1-4H3. The van der Waals surface area contributed by atoms with Crippen molar-refractivity contribution in [2.45, 2.75) is 39.7 Å². The Bertz CT molecular complexity index is 379. The molecule has 0 bridgehead atoms. The highest BCUT2D eigenvalue weighted by atomic mass is 19.1. The summed E-state index contributed by atoms with van der Waals surface area (Å²) in [6, 6.07) is 7.14. The molecule has 0 saturated heterocycles. The van der Waals surface area contributed by atoms with Crippen LogP contribution in [0.3, 0.4) is 0 Å². The Morgan fingerprint density at radius 2 is 1.85 bits per heavy atom. The summed E-state index contributed by atoms with van der Waals surface area (Å²) in [5.41, 5.74) is 0.773. The Morgan fingerprint density at radius 1 is 1.15 bits per heavy atom. The second-order valence-corrected chi connectivity index (χ2v) is 5.96. The SMILES string of the molecule is CC(C)CCCNCCN(C)C(C)c1ccccc1F. The minimum Gasteiger partial charge on any atom is -0.315 e. The second kappa shape index (κ2) is 9.09. The van der Waals surface area contributed by atoms with Crippen molar-refractivity contribution in [2.24, 2.45) is 5.92 Å². The van der Waals surface area contributed by atoms with Crippen LogP contribution in [0.15, 0.2) is 24.3 Å². The molecule has 1 N–H and O–H groups in total. The van der Waals surface area contributed by atoms with Gasteiger partial charge in [0.25, 0.3) is 0 Å². The lowest BCUT2D eigenvalue weighted by atomic mass is 10.1. The lowest BCUT2D eigenvalue weighted by molar-refractivity contribution is 0.256. The Kier molecular flexibility index (Phi) is 7.78. The first-order valence-corrected chi connectivity index (χ1v) is 7.67. The van der Waals surface area contributed by atoms with Crippen LogP contribution in [-0.2, 0) is 0 Å². The summed E-state index contributed by atoms with van der Waals surface area (Å²) in [6.45, 7) is 9.51. The first-order valence-electron chi connectivity index (χ1n) is 7.67. The average molecular weight is 280 g/mol. The summed E-state index contributed by atoms with van der Waals surface area (Å²) in [5, 5.41) is 3.46. The van der Waals surface area contributed by atoms with Gasteiger partial charge in [0.1, 0.15) is 5.82 Å². The quantitative estimate of drug-likeness (QED) is 0.691. The van der Waals surface area contributed by atoms with Crippen LogP contribution in [0.2, 0.25) is 0 Å². The summed E-state index contributed by atoms with van der Waals surface area (Å²) in [5.74, 6) is 0.664. The van der Waals surface area contributed by atoms with E-state index in [1.54, 1.807) is 6.07 Å². The van der Waals surface area contributed by atoms with Crippen molar-refractivity contribution in [1.82, 2.24) is 10.2 Å². The third kappa shape index (κ3) is 6.02. The molecular weight excluding hydrogens is 251 g/mol. The van der Waals surface area contributed by atoms with E-state index >= 15 is 0 Å². The van der Waals surface area contributed by atoms with E-state index < -0.39 is 0 Å². The van der Waals surface area contributed by atoms with Crippen LogP contribution >= 0.6 is 0 Å². The van der Waals surface area contributed by atoms with E-state index in [-0.39, 0.29) is 11.9 Å². The fourth-order valence-corrected chi connectivity index (χ4v) is 2.26. The van der Waals surface area contributed by atoms with Gasteiger partial charge in [-0.2, -0.15) is 0 Å². The third-order valence-corrected chi connectivity index (χ3v) is 3.79. The molecule has 2 nitrogen and oxygen atoms in total. The molecule has 0 heterocycles. The molecular formula is C17H29FN2. The molecule has 20 heavy (non-hydrogen) atoms. The molecule has 114 valence electrons. The molecule has 1 atom stereocenters. The minimum absolute atomic E-state index is 0.105. The predicted molar refractivity (Wildman–Crippen MR) is 84.4 cm³/mol. The van der Waals surface area contributed by atoms with E-state index in [2.05, 4.69) is 31.0 Å². The molecule has 0 saturated carbocycles. The third-order valence-electron chi connectivity index (χ3n) is 3.79. The van der Waals surface area contributed by atoms with Crippen LogP contribution in [-0.4, -0.2) is 31.6 Å².